The van der Waals surface area contributed by atoms with Gasteiger partial charge in [0.15, 0.2) is 0 Å². The number of likely N-dealkylation sites (tertiary alicyclic amines) is 1. The van der Waals surface area contributed by atoms with Crippen LogP contribution in [0.15, 0.2) is 30.3 Å². The molecule has 6 nitrogen and oxygen atoms in total. The Morgan fingerprint density at radius 3 is 2.39 bits per heavy atom. The first-order chi connectivity index (χ1) is 13.1. The van der Waals surface area contributed by atoms with Crippen molar-refractivity contribution in [3.05, 3.63) is 35.9 Å². The first kappa shape index (κ1) is 22.2. The number of hydrogen-bond acceptors (Lipinski definition) is 4. The molecular formula is C22H35N3O3. The van der Waals surface area contributed by atoms with Crippen molar-refractivity contribution in [3.63, 3.8) is 0 Å². The minimum Gasteiger partial charge on any atom is -0.444 e. The third kappa shape index (κ3) is 6.23. The number of amides is 2. The van der Waals surface area contributed by atoms with Crippen molar-refractivity contribution in [2.24, 2.45) is 0 Å². The first-order valence-electron chi connectivity index (χ1n) is 10.0. The molecule has 1 saturated heterocycles. The number of nitrogens with zero attached hydrogens (tertiary/aromatic N) is 3. The lowest BCUT2D eigenvalue weighted by atomic mass is 10.0. The van der Waals surface area contributed by atoms with Crippen LogP contribution < -0.4 is 0 Å². The number of hydrogen-bond donors (Lipinski definition) is 0. The first-order valence-corrected chi connectivity index (χ1v) is 10.0. The molecule has 2 rings (SSSR count). The zero-order valence-corrected chi connectivity index (χ0v) is 18.1. The van der Waals surface area contributed by atoms with Crippen LogP contribution in [0.1, 0.15) is 39.2 Å². The summed E-state index contributed by atoms with van der Waals surface area (Å²) in [6.45, 7) is 7.08. The maximum absolute atomic E-state index is 13.5. The molecule has 0 radical (unpaired) electrons. The minimum atomic E-state index is -0.604. The van der Waals surface area contributed by atoms with Crippen molar-refractivity contribution in [2.45, 2.75) is 57.7 Å². The van der Waals surface area contributed by atoms with E-state index in [1.165, 1.54) is 4.90 Å². The van der Waals surface area contributed by atoms with Crippen LogP contribution in [-0.4, -0.2) is 78.6 Å². The van der Waals surface area contributed by atoms with Crippen LogP contribution in [0.25, 0.3) is 0 Å². The van der Waals surface area contributed by atoms with E-state index in [1.807, 2.05) is 70.1 Å². The van der Waals surface area contributed by atoms with Crippen molar-refractivity contribution in [3.8, 4) is 0 Å². The molecule has 2 amide bonds. The summed E-state index contributed by atoms with van der Waals surface area (Å²) >= 11 is 0. The van der Waals surface area contributed by atoms with Crippen LogP contribution >= 0.6 is 0 Å². The highest BCUT2D eigenvalue weighted by Gasteiger charge is 2.37. The Balaban J connectivity index is 2.24. The summed E-state index contributed by atoms with van der Waals surface area (Å²) < 4.78 is 5.53. The minimum absolute atomic E-state index is 0.00145. The van der Waals surface area contributed by atoms with E-state index in [0.717, 1.165) is 31.5 Å². The molecule has 28 heavy (non-hydrogen) atoms. The van der Waals surface area contributed by atoms with Gasteiger partial charge in [0.2, 0.25) is 5.91 Å². The Bertz CT molecular complexity index is 655. The molecule has 0 saturated carbocycles. The molecule has 1 heterocycles. The molecule has 0 spiro atoms. The summed E-state index contributed by atoms with van der Waals surface area (Å²) in [5.74, 6) is 0.00145. The molecule has 1 aromatic carbocycles. The molecular weight excluding hydrogens is 354 g/mol. The van der Waals surface area contributed by atoms with Crippen LogP contribution in [-0.2, 0) is 16.0 Å². The predicted octanol–water partition coefficient (Wildman–Crippen LogP) is 3.02. The monoisotopic (exact) mass is 389 g/mol. The number of rotatable bonds is 6. The Labute approximate surface area is 169 Å². The molecule has 0 N–H and O–H groups in total. The van der Waals surface area contributed by atoms with Gasteiger partial charge in [0.1, 0.15) is 11.6 Å². The molecule has 1 unspecified atom stereocenters. The van der Waals surface area contributed by atoms with Gasteiger partial charge in [-0.3, -0.25) is 9.69 Å². The number of carbonyl (C=O) groups is 2. The third-order valence-electron chi connectivity index (χ3n) is 4.94. The summed E-state index contributed by atoms with van der Waals surface area (Å²) in [4.78, 5) is 31.7. The summed E-state index contributed by atoms with van der Waals surface area (Å²) in [5.41, 5.74) is 0.423. The van der Waals surface area contributed by atoms with Crippen molar-refractivity contribution in [1.29, 1.82) is 0 Å². The van der Waals surface area contributed by atoms with E-state index in [1.54, 1.807) is 7.05 Å². The standard InChI is InChI=1S/C22H35N3O3/c1-22(2,3)28-21(27)24(6)19(15-17-11-8-7-9-12-17)20(26)25-14-10-13-18(25)16-23(4)5/h7-9,11-12,18-19H,10,13-16H2,1-6H3/t18-,19?/m0/s1. The highest BCUT2D eigenvalue weighted by atomic mass is 16.6. The quantitative estimate of drug-likeness (QED) is 0.750. The molecule has 0 aromatic heterocycles. The largest absolute Gasteiger partial charge is 0.444 e. The zero-order chi connectivity index (χ0) is 20.9. The van der Waals surface area contributed by atoms with Gasteiger partial charge in [-0.05, 0) is 53.3 Å². The van der Waals surface area contributed by atoms with E-state index in [9.17, 15) is 9.59 Å². The summed E-state index contributed by atoms with van der Waals surface area (Å²) in [7, 11) is 5.71. The highest BCUT2D eigenvalue weighted by molar-refractivity contribution is 5.86. The van der Waals surface area contributed by atoms with E-state index in [2.05, 4.69) is 4.90 Å². The Morgan fingerprint density at radius 1 is 1.18 bits per heavy atom. The molecule has 1 aliphatic rings. The highest BCUT2D eigenvalue weighted by Crippen LogP contribution is 2.22. The maximum atomic E-state index is 13.5. The number of ether oxygens (including phenoxy) is 1. The fourth-order valence-electron chi connectivity index (χ4n) is 3.62. The topological polar surface area (TPSA) is 53.1 Å². The van der Waals surface area contributed by atoms with E-state index in [4.69, 9.17) is 4.74 Å². The second-order valence-electron chi connectivity index (χ2n) is 8.89. The lowest BCUT2D eigenvalue weighted by Crippen LogP contribution is -2.53. The second-order valence-corrected chi connectivity index (χ2v) is 8.89. The van der Waals surface area contributed by atoms with Crippen LogP contribution in [0.5, 0.6) is 0 Å². The van der Waals surface area contributed by atoms with Crippen molar-refractivity contribution in [1.82, 2.24) is 14.7 Å². The van der Waals surface area contributed by atoms with E-state index in [0.29, 0.717) is 6.42 Å². The van der Waals surface area contributed by atoms with Gasteiger partial charge in [-0.25, -0.2) is 4.79 Å². The average Bonchev–Trinajstić information content (AvgIpc) is 3.05. The number of benzene rings is 1. The Morgan fingerprint density at radius 2 is 1.82 bits per heavy atom. The lowest BCUT2D eigenvalue weighted by molar-refractivity contribution is -0.137. The predicted molar refractivity (Wildman–Crippen MR) is 111 cm³/mol. The SMILES string of the molecule is CN(C)C[C@@H]1CCCN1C(=O)C(Cc1ccccc1)N(C)C(=O)OC(C)(C)C. The Hall–Kier alpha value is -2.08. The summed E-state index contributed by atoms with van der Waals surface area (Å²) in [5, 5.41) is 0. The molecule has 0 aliphatic carbocycles. The Kier molecular flexibility index (Phi) is 7.47. The molecule has 2 atom stereocenters. The smallest absolute Gasteiger partial charge is 0.410 e. The van der Waals surface area contributed by atoms with E-state index in [-0.39, 0.29) is 11.9 Å². The van der Waals surface area contributed by atoms with Crippen molar-refractivity contribution in [2.75, 3.05) is 34.2 Å². The number of carbonyl (C=O) groups excluding carboxylic acids is 2. The summed E-state index contributed by atoms with van der Waals surface area (Å²) in [6, 6.07) is 9.44. The van der Waals surface area contributed by atoms with E-state index >= 15 is 0 Å². The molecule has 1 aromatic rings. The van der Waals surface area contributed by atoms with Gasteiger partial charge in [0.05, 0.1) is 0 Å². The normalized spacial score (nSPS) is 18.2. The van der Waals surface area contributed by atoms with Gasteiger partial charge in [0, 0.05) is 32.6 Å². The maximum Gasteiger partial charge on any atom is 0.410 e. The van der Waals surface area contributed by atoms with Crippen LogP contribution in [0.4, 0.5) is 4.79 Å². The van der Waals surface area contributed by atoms with Gasteiger partial charge < -0.3 is 14.5 Å². The van der Waals surface area contributed by atoms with Gasteiger partial charge in [-0.2, -0.15) is 0 Å². The molecule has 1 aliphatic heterocycles. The van der Waals surface area contributed by atoms with Crippen molar-refractivity contribution >= 4 is 12.0 Å². The fraction of sp³-hybridized carbons (Fsp3) is 0.636. The molecule has 156 valence electrons. The third-order valence-corrected chi connectivity index (χ3v) is 4.94. The zero-order valence-electron chi connectivity index (χ0n) is 18.1. The van der Waals surface area contributed by atoms with Crippen molar-refractivity contribution < 1.29 is 14.3 Å². The summed E-state index contributed by atoms with van der Waals surface area (Å²) in [6.07, 6.45) is 2.00. The van der Waals surface area contributed by atoms with Gasteiger partial charge in [0.25, 0.3) is 0 Å². The van der Waals surface area contributed by atoms with E-state index < -0.39 is 17.7 Å². The average molecular weight is 390 g/mol. The fourth-order valence-corrected chi connectivity index (χ4v) is 3.62. The van der Waals surface area contributed by atoms with Gasteiger partial charge >= 0.3 is 6.09 Å². The van der Waals surface area contributed by atoms with Crippen LogP contribution in [0.2, 0.25) is 0 Å². The molecule has 1 fully saturated rings. The van der Waals surface area contributed by atoms with Gasteiger partial charge in [-0.1, -0.05) is 30.3 Å². The van der Waals surface area contributed by atoms with Crippen LogP contribution in [0, 0.1) is 0 Å². The van der Waals surface area contributed by atoms with Gasteiger partial charge in [-0.15, -0.1) is 0 Å². The lowest BCUT2D eigenvalue weighted by Gasteiger charge is -2.35. The number of likely N-dealkylation sites (N-methyl/N-ethyl adjacent to an activating group) is 2. The molecule has 6 heteroatoms. The molecule has 0 bridgehead atoms. The van der Waals surface area contributed by atoms with Crippen LogP contribution in [0.3, 0.4) is 0 Å². The second kappa shape index (κ2) is 9.41.